The highest BCUT2D eigenvalue weighted by molar-refractivity contribution is 7.89. The summed E-state index contributed by atoms with van der Waals surface area (Å²) in [6.45, 7) is 1.19. The molecule has 0 unspecified atom stereocenters. The van der Waals surface area contributed by atoms with Gasteiger partial charge < -0.3 is 20.5 Å². The van der Waals surface area contributed by atoms with Crippen molar-refractivity contribution in [2.45, 2.75) is 29.9 Å². The van der Waals surface area contributed by atoms with Gasteiger partial charge in [-0.25, -0.2) is 8.42 Å². The van der Waals surface area contributed by atoms with E-state index >= 15 is 0 Å². The zero-order chi connectivity index (χ0) is 18.9. The first kappa shape index (κ1) is 19.1. The Morgan fingerprint density at radius 1 is 1.15 bits per heavy atom. The van der Waals surface area contributed by atoms with Crippen LogP contribution in [-0.2, 0) is 14.8 Å². The van der Waals surface area contributed by atoms with Crippen LogP contribution in [0.2, 0.25) is 0 Å². The van der Waals surface area contributed by atoms with Crippen LogP contribution in [0.25, 0.3) is 0 Å². The first-order valence-corrected chi connectivity index (χ1v) is 10.1. The average molecular weight is 383 g/mol. The van der Waals surface area contributed by atoms with E-state index in [9.17, 15) is 18.3 Å². The van der Waals surface area contributed by atoms with Crippen LogP contribution in [0.1, 0.15) is 12.8 Å². The van der Waals surface area contributed by atoms with Gasteiger partial charge >= 0.3 is 0 Å². The standard InChI is InChI=1S/C17H25N3O5S/c1-25-13-2-4-14(5-3-13)26(23,24)20-8-6-19(7-9-20)17(22)12-10-15(18)16(21)11-12/h2-5,12,15-16,21H,6-11,18H2,1H3/t12-,15-,16-/m0/s1. The molecule has 1 aromatic rings. The van der Waals surface area contributed by atoms with Gasteiger partial charge in [-0.1, -0.05) is 0 Å². The molecule has 26 heavy (non-hydrogen) atoms. The summed E-state index contributed by atoms with van der Waals surface area (Å²) in [5.74, 6) is 0.277. The van der Waals surface area contributed by atoms with Gasteiger partial charge in [-0.15, -0.1) is 0 Å². The number of aliphatic hydroxyl groups excluding tert-OH is 1. The predicted molar refractivity (Wildman–Crippen MR) is 95.0 cm³/mol. The topological polar surface area (TPSA) is 113 Å². The number of carbonyl (C=O) groups is 1. The highest BCUT2D eigenvalue weighted by Crippen LogP contribution is 2.27. The summed E-state index contributed by atoms with van der Waals surface area (Å²) in [6, 6.07) is 5.91. The molecule has 3 N–H and O–H groups in total. The molecular formula is C17H25N3O5S. The van der Waals surface area contributed by atoms with E-state index in [1.165, 1.54) is 23.5 Å². The van der Waals surface area contributed by atoms with Crippen LogP contribution >= 0.6 is 0 Å². The molecule has 2 fully saturated rings. The second-order valence-electron chi connectivity index (χ2n) is 6.80. The van der Waals surface area contributed by atoms with Crippen molar-refractivity contribution in [2.24, 2.45) is 11.7 Å². The molecule has 9 heteroatoms. The zero-order valence-electron chi connectivity index (χ0n) is 14.7. The van der Waals surface area contributed by atoms with E-state index in [0.717, 1.165) is 0 Å². The molecular weight excluding hydrogens is 358 g/mol. The highest BCUT2D eigenvalue weighted by Gasteiger charge is 2.38. The van der Waals surface area contributed by atoms with Crippen LogP contribution in [0.3, 0.4) is 0 Å². The van der Waals surface area contributed by atoms with Crippen molar-refractivity contribution < 1.29 is 23.1 Å². The van der Waals surface area contributed by atoms with Gasteiger partial charge in [-0.3, -0.25) is 4.79 Å². The summed E-state index contributed by atoms with van der Waals surface area (Å²) in [4.78, 5) is 14.5. The number of hydrogen-bond acceptors (Lipinski definition) is 6. The van der Waals surface area contributed by atoms with Crippen molar-refractivity contribution in [3.05, 3.63) is 24.3 Å². The third kappa shape index (κ3) is 3.71. The number of nitrogens with two attached hydrogens (primary N) is 1. The molecule has 1 saturated carbocycles. The number of methoxy groups -OCH3 is 1. The normalized spacial score (nSPS) is 27.5. The third-order valence-electron chi connectivity index (χ3n) is 5.17. The second-order valence-corrected chi connectivity index (χ2v) is 8.74. The van der Waals surface area contributed by atoms with Crippen molar-refractivity contribution in [1.82, 2.24) is 9.21 Å². The van der Waals surface area contributed by atoms with Crippen LogP contribution in [0.5, 0.6) is 5.75 Å². The Hall–Kier alpha value is -1.68. The molecule has 1 aliphatic carbocycles. The highest BCUT2D eigenvalue weighted by atomic mass is 32.2. The Kier molecular flexibility index (Phi) is 5.52. The number of sulfonamides is 1. The fourth-order valence-corrected chi connectivity index (χ4v) is 4.98. The Labute approximate surface area is 153 Å². The minimum atomic E-state index is -3.59. The van der Waals surface area contributed by atoms with E-state index < -0.39 is 16.1 Å². The fourth-order valence-electron chi connectivity index (χ4n) is 3.55. The van der Waals surface area contributed by atoms with Crippen LogP contribution in [0.15, 0.2) is 29.2 Å². The van der Waals surface area contributed by atoms with Gasteiger partial charge in [0.1, 0.15) is 5.75 Å². The maximum absolute atomic E-state index is 12.7. The maximum atomic E-state index is 12.7. The molecule has 0 spiro atoms. The Morgan fingerprint density at radius 2 is 1.77 bits per heavy atom. The van der Waals surface area contributed by atoms with Gasteiger partial charge in [0.15, 0.2) is 0 Å². The van der Waals surface area contributed by atoms with E-state index in [0.29, 0.717) is 31.7 Å². The van der Waals surface area contributed by atoms with Gasteiger partial charge in [0.2, 0.25) is 15.9 Å². The second kappa shape index (κ2) is 7.51. The number of amides is 1. The van der Waals surface area contributed by atoms with E-state index in [1.807, 2.05) is 0 Å². The number of rotatable bonds is 4. The summed E-state index contributed by atoms with van der Waals surface area (Å²) < 4.78 is 31.9. The monoisotopic (exact) mass is 383 g/mol. The minimum absolute atomic E-state index is 0.0431. The van der Waals surface area contributed by atoms with Crippen molar-refractivity contribution >= 4 is 15.9 Å². The first-order chi connectivity index (χ1) is 12.3. The molecule has 1 aromatic carbocycles. The van der Waals surface area contributed by atoms with Gasteiger partial charge in [-0.2, -0.15) is 4.31 Å². The lowest BCUT2D eigenvalue weighted by atomic mass is 10.1. The predicted octanol–water partition coefficient (Wildman–Crippen LogP) is -0.374. The Bertz CT molecular complexity index is 734. The van der Waals surface area contributed by atoms with Crippen LogP contribution in [-0.4, -0.2) is 74.1 Å². The SMILES string of the molecule is COc1ccc(S(=O)(=O)N2CCN(C(=O)[C@H]3C[C@H](N)[C@@H](O)C3)CC2)cc1. The van der Waals surface area contributed by atoms with Crippen LogP contribution < -0.4 is 10.5 Å². The van der Waals surface area contributed by atoms with Crippen LogP contribution in [0, 0.1) is 5.92 Å². The molecule has 3 rings (SSSR count). The summed E-state index contributed by atoms with van der Waals surface area (Å²) in [6.07, 6.45) is 0.218. The minimum Gasteiger partial charge on any atom is -0.497 e. The van der Waals surface area contributed by atoms with Crippen molar-refractivity contribution in [3.8, 4) is 5.75 Å². The number of hydrogen-bond donors (Lipinski definition) is 2. The summed E-state index contributed by atoms with van der Waals surface area (Å²) in [5.41, 5.74) is 5.78. The van der Waals surface area contributed by atoms with Gasteiger partial charge in [-0.05, 0) is 37.1 Å². The molecule has 1 saturated heterocycles. The maximum Gasteiger partial charge on any atom is 0.243 e. The first-order valence-electron chi connectivity index (χ1n) is 8.69. The van der Waals surface area contributed by atoms with Crippen molar-refractivity contribution in [1.29, 1.82) is 0 Å². The molecule has 8 nitrogen and oxygen atoms in total. The molecule has 144 valence electrons. The lowest BCUT2D eigenvalue weighted by molar-refractivity contribution is -0.136. The van der Waals surface area contributed by atoms with Gasteiger partial charge in [0, 0.05) is 38.1 Å². The summed E-state index contributed by atoms with van der Waals surface area (Å²) in [7, 11) is -2.07. The molecule has 2 aliphatic rings. The Balaban J connectivity index is 1.61. The number of benzene rings is 1. The molecule has 0 radical (unpaired) electrons. The van der Waals surface area contributed by atoms with Gasteiger partial charge in [0.25, 0.3) is 0 Å². The molecule has 0 bridgehead atoms. The quantitative estimate of drug-likeness (QED) is 0.733. The largest absolute Gasteiger partial charge is 0.497 e. The van der Waals surface area contributed by atoms with E-state index in [2.05, 4.69) is 0 Å². The van der Waals surface area contributed by atoms with Crippen molar-refractivity contribution in [3.63, 3.8) is 0 Å². The number of carbonyl (C=O) groups excluding carboxylic acids is 1. The smallest absolute Gasteiger partial charge is 0.243 e. The lowest BCUT2D eigenvalue weighted by Gasteiger charge is -2.35. The van der Waals surface area contributed by atoms with Crippen molar-refractivity contribution in [2.75, 3.05) is 33.3 Å². The molecule has 0 aromatic heterocycles. The molecule has 3 atom stereocenters. The third-order valence-corrected chi connectivity index (χ3v) is 7.09. The summed E-state index contributed by atoms with van der Waals surface area (Å²) >= 11 is 0. The van der Waals surface area contributed by atoms with E-state index in [4.69, 9.17) is 10.5 Å². The number of ether oxygens (including phenoxy) is 1. The zero-order valence-corrected chi connectivity index (χ0v) is 15.6. The molecule has 1 heterocycles. The lowest BCUT2D eigenvalue weighted by Crippen LogP contribution is -2.51. The molecule has 1 amide bonds. The fraction of sp³-hybridized carbons (Fsp3) is 0.588. The number of piperazine rings is 1. The Morgan fingerprint density at radius 3 is 2.27 bits per heavy atom. The van der Waals surface area contributed by atoms with Crippen LogP contribution in [0.4, 0.5) is 0 Å². The average Bonchev–Trinajstić information content (AvgIpc) is 3.00. The number of aliphatic hydroxyl groups is 1. The van der Waals surface area contributed by atoms with E-state index in [1.54, 1.807) is 17.0 Å². The molecule has 1 aliphatic heterocycles. The summed E-state index contributed by atoms with van der Waals surface area (Å²) in [5, 5.41) is 9.74. The van der Waals surface area contributed by atoms with E-state index in [-0.39, 0.29) is 35.9 Å². The van der Waals surface area contributed by atoms with Gasteiger partial charge in [0.05, 0.1) is 18.1 Å². The number of nitrogens with zero attached hydrogens (tertiary/aromatic N) is 2.